The van der Waals surface area contributed by atoms with Crippen molar-refractivity contribution in [3.8, 4) is 22.3 Å². The van der Waals surface area contributed by atoms with Crippen molar-refractivity contribution in [3.63, 3.8) is 0 Å². The van der Waals surface area contributed by atoms with Crippen molar-refractivity contribution in [2.45, 2.75) is 5.41 Å². The minimum absolute atomic E-state index is 0.603. The Balaban J connectivity index is 1.31. The molecule has 0 spiro atoms. The first-order chi connectivity index (χ1) is 25.3. The van der Waals surface area contributed by atoms with Gasteiger partial charge in [-0.1, -0.05) is 152 Å². The molecule has 1 aromatic heterocycles. The van der Waals surface area contributed by atoms with E-state index in [2.05, 4.69) is 193 Å². The number of hydrogen-bond donors (Lipinski definition) is 0. The normalized spacial score (nSPS) is 14.7. The molecule has 9 aromatic rings. The molecule has 1 aliphatic carbocycles. The first kappa shape index (κ1) is 29.3. The summed E-state index contributed by atoms with van der Waals surface area (Å²) in [5.74, 6) is 0. The Morgan fingerprint density at radius 1 is 0.392 bits per heavy atom. The molecule has 1 atom stereocenters. The Bertz CT molecular complexity index is 2690. The van der Waals surface area contributed by atoms with Gasteiger partial charge in [0.1, 0.15) is 11.2 Å². The largest absolute Gasteiger partial charge is 0.456 e. The second-order valence-electron chi connectivity index (χ2n) is 13.3. The molecule has 0 fully saturated rings. The minimum atomic E-state index is -0.603. The Labute approximate surface area is 297 Å². The summed E-state index contributed by atoms with van der Waals surface area (Å²) < 4.78 is 6.29. The first-order valence-corrected chi connectivity index (χ1v) is 17.5. The summed E-state index contributed by atoms with van der Waals surface area (Å²) in [6.07, 6.45) is 0. The summed E-state index contributed by atoms with van der Waals surface area (Å²) in [5.41, 5.74) is 14.4. The molecule has 1 unspecified atom stereocenters. The molecular weight excluding hydrogens is 619 g/mol. The highest BCUT2D eigenvalue weighted by molar-refractivity contribution is 6.07. The van der Waals surface area contributed by atoms with E-state index in [0.29, 0.717) is 0 Å². The number of rotatable bonds is 6. The number of nitrogens with zero attached hydrogens (tertiary/aromatic N) is 1. The topological polar surface area (TPSA) is 16.4 Å². The van der Waals surface area contributed by atoms with Gasteiger partial charge in [-0.3, -0.25) is 0 Å². The van der Waals surface area contributed by atoms with Crippen molar-refractivity contribution in [3.05, 3.63) is 222 Å². The van der Waals surface area contributed by atoms with Crippen LogP contribution in [0.25, 0.3) is 44.2 Å². The molecule has 0 amide bonds. The molecule has 8 aromatic carbocycles. The lowest BCUT2D eigenvalue weighted by molar-refractivity contribution is 0.669. The summed E-state index contributed by atoms with van der Waals surface area (Å²) >= 11 is 0. The number of benzene rings is 8. The van der Waals surface area contributed by atoms with Crippen LogP contribution in [-0.4, -0.2) is 0 Å². The molecule has 0 aliphatic heterocycles. The fourth-order valence-electron chi connectivity index (χ4n) is 8.40. The highest BCUT2D eigenvalue weighted by Gasteiger charge is 2.48. The van der Waals surface area contributed by atoms with Gasteiger partial charge in [0.05, 0.1) is 11.1 Å². The minimum Gasteiger partial charge on any atom is -0.456 e. The van der Waals surface area contributed by atoms with Crippen molar-refractivity contribution in [2.75, 3.05) is 4.90 Å². The number of hydrogen-bond acceptors (Lipinski definition) is 2. The van der Waals surface area contributed by atoms with Gasteiger partial charge in [-0.2, -0.15) is 0 Å². The van der Waals surface area contributed by atoms with Gasteiger partial charge in [-0.05, 0) is 87.5 Å². The third kappa shape index (κ3) is 4.50. The zero-order chi connectivity index (χ0) is 33.8. The van der Waals surface area contributed by atoms with Crippen molar-refractivity contribution in [2.24, 2.45) is 0 Å². The van der Waals surface area contributed by atoms with Crippen molar-refractivity contribution in [1.29, 1.82) is 0 Å². The molecule has 10 rings (SSSR count). The van der Waals surface area contributed by atoms with Gasteiger partial charge in [0, 0.05) is 27.7 Å². The van der Waals surface area contributed by atoms with Crippen molar-refractivity contribution < 1.29 is 4.42 Å². The summed E-state index contributed by atoms with van der Waals surface area (Å²) in [4.78, 5) is 2.44. The van der Waals surface area contributed by atoms with Crippen LogP contribution in [0.3, 0.4) is 0 Å². The maximum Gasteiger partial charge on any atom is 0.135 e. The fraction of sp³-hybridized carbons (Fsp3) is 0.0204. The highest BCUT2D eigenvalue weighted by Crippen LogP contribution is 2.60. The molecule has 51 heavy (non-hydrogen) atoms. The standard InChI is InChI=1S/C49H33NO/c1-4-16-34(17-5-1)35-18-14-21-37(32-35)49(36-19-6-2-7-20-36)44-27-12-10-24-40(44)42-26-15-28-45(48(42)49)50(38-22-8-3-9-23-38)39-30-31-47-43(33-39)41-25-11-13-29-46(41)51-47/h1-33H. The lowest BCUT2D eigenvalue weighted by Gasteiger charge is -2.38. The highest BCUT2D eigenvalue weighted by atomic mass is 16.3. The molecular formula is C49H33NO. The summed E-state index contributed by atoms with van der Waals surface area (Å²) in [6, 6.07) is 72.4. The van der Waals surface area contributed by atoms with E-state index in [4.69, 9.17) is 4.42 Å². The molecule has 1 heterocycles. The van der Waals surface area contributed by atoms with E-state index in [0.717, 1.165) is 39.0 Å². The third-order valence-electron chi connectivity index (χ3n) is 10.5. The lowest BCUT2D eigenvalue weighted by atomic mass is 9.66. The van der Waals surface area contributed by atoms with Crippen LogP contribution in [0.15, 0.2) is 205 Å². The van der Waals surface area contributed by atoms with E-state index in [-0.39, 0.29) is 0 Å². The Hall–Kier alpha value is -6.64. The predicted molar refractivity (Wildman–Crippen MR) is 211 cm³/mol. The van der Waals surface area contributed by atoms with Crippen LogP contribution in [-0.2, 0) is 5.41 Å². The van der Waals surface area contributed by atoms with E-state index in [1.165, 1.54) is 44.5 Å². The zero-order valence-corrected chi connectivity index (χ0v) is 27.9. The average molecular weight is 652 g/mol. The van der Waals surface area contributed by atoms with E-state index in [1.807, 2.05) is 12.1 Å². The quantitative estimate of drug-likeness (QED) is 0.178. The van der Waals surface area contributed by atoms with Crippen LogP contribution < -0.4 is 4.90 Å². The van der Waals surface area contributed by atoms with Crippen molar-refractivity contribution >= 4 is 39.0 Å². The van der Waals surface area contributed by atoms with E-state index >= 15 is 0 Å². The molecule has 0 saturated carbocycles. The number of furan rings is 1. The van der Waals surface area contributed by atoms with E-state index < -0.39 is 5.41 Å². The van der Waals surface area contributed by atoms with Gasteiger partial charge in [0.15, 0.2) is 0 Å². The second-order valence-corrected chi connectivity index (χ2v) is 13.3. The Morgan fingerprint density at radius 3 is 1.86 bits per heavy atom. The lowest BCUT2D eigenvalue weighted by Crippen LogP contribution is -2.30. The molecule has 0 N–H and O–H groups in total. The number of para-hydroxylation sites is 2. The molecule has 2 nitrogen and oxygen atoms in total. The molecule has 0 bridgehead atoms. The van der Waals surface area contributed by atoms with Gasteiger partial charge < -0.3 is 9.32 Å². The maximum absolute atomic E-state index is 6.29. The van der Waals surface area contributed by atoms with E-state index in [9.17, 15) is 0 Å². The first-order valence-electron chi connectivity index (χ1n) is 17.5. The van der Waals surface area contributed by atoms with Crippen LogP contribution >= 0.6 is 0 Å². The van der Waals surface area contributed by atoms with Crippen LogP contribution in [0.2, 0.25) is 0 Å². The summed E-state index contributed by atoms with van der Waals surface area (Å²) in [7, 11) is 0. The number of anilines is 3. The van der Waals surface area contributed by atoms with Gasteiger partial charge in [-0.25, -0.2) is 0 Å². The monoisotopic (exact) mass is 651 g/mol. The van der Waals surface area contributed by atoms with Gasteiger partial charge >= 0.3 is 0 Å². The van der Waals surface area contributed by atoms with Crippen LogP contribution in [0, 0.1) is 0 Å². The predicted octanol–water partition coefficient (Wildman–Crippen LogP) is 13.1. The zero-order valence-electron chi connectivity index (χ0n) is 27.9. The number of fused-ring (bicyclic) bond motifs is 6. The Morgan fingerprint density at radius 2 is 1.02 bits per heavy atom. The average Bonchev–Trinajstić information content (AvgIpc) is 3.73. The van der Waals surface area contributed by atoms with Crippen LogP contribution in [0.1, 0.15) is 22.3 Å². The molecule has 0 radical (unpaired) electrons. The van der Waals surface area contributed by atoms with Crippen molar-refractivity contribution in [1.82, 2.24) is 0 Å². The SMILES string of the molecule is c1ccc(-c2cccc(C3(c4ccccc4)c4ccccc4-c4cccc(N(c5ccccc5)c5ccc6oc7ccccc7c6c5)c43)c2)cc1. The van der Waals surface area contributed by atoms with Crippen LogP contribution in [0.5, 0.6) is 0 Å². The summed E-state index contributed by atoms with van der Waals surface area (Å²) in [5, 5.41) is 2.22. The van der Waals surface area contributed by atoms with Crippen LogP contribution in [0.4, 0.5) is 17.1 Å². The Kier molecular flexibility index (Phi) is 6.75. The summed E-state index contributed by atoms with van der Waals surface area (Å²) in [6.45, 7) is 0. The molecule has 240 valence electrons. The maximum atomic E-state index is 6.29. The smallest absolute Gasteiger partial charge is 0.135 e. The van der Waals surface area contributed by atoms with Gasteiger partial charge in [0.2, 0.25) is 0 Å². The third-order valence-corrected chi connectivity index (χ3v) is 10.5. The fourth-order valence-corrected chi connectivity index (χ4v) is 8.40. The van der Waals surface area contributed by atoms with Gasteiger partial charge in [-0.15, -0.1) is 0 Å². The molecule has 0 saturated heterocycles. The molecule has 2 heteroatoms. The van der Waals surface area contributed by atoms with Gasteiger partial charge in [0.25, 0.3) is 0 Å². The second kappa shape index (κ2) is 11.8. The van der Waals surface area contributed by atoms with E-state index in [1.54, 1.807) is 0 Å². The molecule has 1 aliphatic rings.